The van der Waals surface area contributed by atoms with Gasteiger partial charge < -0.3 is 4.74 Å². The third kappa shape index (κ3) is 3.12. The van der Waals surface area contributed by atoms with Gasteiger partial charge in [0.15, 0.2) is 0 Å². The highest BCUT2D eigenvalue weighted by Gasteiger charge is 2.14. The number of benzene rings is 2. The monoisotopic (exact) mass is 275 g/mol. The van der Waals surface area contributed by atoms with Crippen molar-refractivity contribution in [1.82, 2.24) is 0 Å². The van der Waals surface area contributed by atoms with E-state index in [1.807, 2.05) is 32.0 Å². The van der Waals surface area contributed by atoms with Crippen molar-refractivity contribution in [3.8, 4) is 5.75 Å². The van der Waals surface area contributed by atoms with E-state index in [0.717, 1.165) is 23.3 Å². The molecular weight excluding hydrogens is 261 g/mol. The molecule has 20 heavy (non-hydrogen) atoms. The molecule has 0 spiro atoms. The van der Waals surface area contributed by atoms with Gasteiger partial charge in [0.2, 0.25) is 5.82 Å². The number of halogens is 1. The van der Waals surface area contributed by atoms with Gasteiger partial charge >= 0.3 is 5.69 Å². The molecule has 2 aromatic rings. The van der Waals surface area contributed by atoms with Gasteiger partial charge in [-0.1, -0.05) is 18.2 Å². The zero-order valence-electron chi connectivity index (χ0n) is 11.2. The summed E-state index contributed by atoms with van der Waals surface area (Å²) in [6.45, 7) is 4.31. The topological polar surface area (TPSA) is 52.4 Å². The van der Waals surface area contributed by atoms with Crippen LogP contribution in [0.25, 0.3) is 0 Å². The van der Waals surface area contributed by atoms with Gasteiger partial charge in [-0.25, -0.2) is 0 Å². The maximum atomic E-state index is 13.4. The standard InChI is InChI=1S/C15H14FNO3/c1-10-3-4-12(7-11(10)2)9-20-13-5-6-15(17(18)19)14(16)8-13/h3-8H,9H2,1-2H3. The van der Waals surface area contributed by atoms with Crippen LogP contribution in [-0.2, 0) is 6.61 Å². The highest BCUT2D eigenvalue weighted by Crippen LogP contribution is 2.23. The molecule has 2 aromatic carbocycles. The van der Waals surface area contributed by atoms with Crippen LogP contribution >= 0.6 is 0 Å². The van der Waals surface area contributed by atoms with Crippen LogP contribution in [0.3, 0.4) is 0 Å². The molecule has 0 radical (unpaired) electrons. The van der Waals surface area contributed by atoms with Gasteiger partial charge in [-0.05, 0) is 36.6 Å². The van der Waals surface area contributed by atoms with E-state index < -0.39 is 16.4 Å². The zero-order chi connectivity index (χ0) is 14.7. The van der Waals surface area contributed by atoms with Crippen molar-refractivity contribution in [3.63, 3.8) is 0 Å². The van der Waals surface area contributed by atoms with Gasteiger partial charge in [-0.15, -0.1) is 0 Å². The van der Waals surface area contributed by atoms with Crippen LogP contribution in [0.1, 0.15) is 16.7 Å². The van der Waals surface area contributed by atoms with Gasteiger partial charge in [0.25, 0.3) is 0 Å². The molecule has 0 aromatic heterocycles. The molecule has 2 rings (SSSR count). The Bertz CT molecular complexity index is 656. The lowest BCUT2D eigenvalue weighted by atomic mass is 10.1. The molecular formula is C15H14FNO3. The minimum absolute atomic E-state index is 0.270. The maximum Gasteiger partial charge on any atom is 0.305 e. The largest absolute Gasteiger partial charge is 0.489 e. The number of nitro benzene ring substituents is 1. The zero-order valence-corrected chi connectivity index (χ0v) is 11.2. The predicted molar refractivity (Wildman–Crippen MR) is 73.3 cm³/mol. The summed E-state index contributed by atoms with van der Waals surface area (Å²) in [5.41, 5.74) is 2.76. The van der Waals surface area contributed by atoms with Crippen molar-refractivity contribution in [3.05, 3.63) is 69.0 Å². The van der Waals surface area contributed by atoms with E-state index >= 15 is 0 Å². The Kier molecular flexibility index (Phi) is 3.98. The number of ether oxygens (including phenoxy) is 1. The first-order valence-corrected chi connectivity index (χ1v) is 6.10. The lowest BCUT2D eigenvalue weighted by Gasteiger charge is -2.08. The van der Waals surface area contributed by atoms with Crippen molar-refractivity contribution >= 4 is 5.69 Å². The molecule has 0 heterocycles. The number of nitro groups is 1. The van der Waals surface area contributed by atoms with Crippen LogP contribution in [0, 0.1) is 29.8 Å². The molecule has 0 amide bonds. The summed E-state index contributed by atoms with van der Waals surface area (Å²) in [4.78, 5) is 9.75. The maximum absolute atomic E-state index is 13.4. The second-order valence-corrected chi connectivity index (χ2v) is 4.58. The smallest absolute Gasteiger partial charge is 0.305 e. The second-order valence-electron chi connectivity index (χ2n) is 4.58. The SMILES string of the molecule is Cc1ccc(COc2ccc([N+](=O)[O-])c(F)c2)cc1C. The number of hydrogen-bond acceptors (Lipinski definition) is 3. The molecule has 0 bridgehead atoms. The highest BCUT2D eigenvalue weighted by atomic mass is 19.1. The summed E-state index contributed by atoms with van der Waals surface area (Å²) < 4.78 is 18.9. The van der Waals surface area contributed by atoms with E-state index in [2.05, 4.69) is 0 Å². The minimum Gasteiger partial charge on any atom is -0.489 e. The van der Waals surface area contributed by atoms with E-state index in [9.17, 15) is 14.5 Å². The van der Waals surface area contributed by atoms with Gasteiger partial charge in [-0.3, -0.25) is 10.1 Å². The Balaban J connectivity index is 2.09. The molecule has 104 valence electrons. The summed E-state index contributed by atoms with van der Waals surface area (Å²) in [7, 11) is 0. The molecule has 0 saturated heterocycles. The van der Waals surface area contributed by atoms with E-state index in [0.29, 0.717) is 6.61 Å². The number of hydrogen-bond donors (Lipinski definition) is 0. The molecule has 0 fully saturated rings. The van der Waals surface area contributed by atoms with Crippen molar-refractivity contribution in [2.75, 3.05) is 0 Å². The molecule has 0 saturated carbocycles. The summed E-state index contributed by atoms with van der Waals surface area (Å²) >= 11 is 0. The van der Waals surface area contributed by atoms with Crippen molar-refractivity contribution in [2.24, 2.45) is 0 Å². The Morgan fingerprint density at radius 3 is 2.50 bits per heavy atom. The number of nitrogens with zero attached hydrogens (tertiary/aromatic N) is 1. The molecule has 0 N–H and O–H groups in total. The fourth-order valence-corrected chi connectivity index (χ4v) is 1.79. The van der Waals surface area contributed by atoms with Gasteiger partial charge in [0.1, 0.15) is 12.4 Å². The Labute approximate surface area is 116 Å². The molecule has 0 atom stereocenters. The normalized spacial score (nSPS) is 10.3. The van der Waals surface area contributed by atoms with Crippen molar-refractivity contribution in [1.29, 1.82) is 0 Å². The second kappa shape index (κ2) is 5.69. The average Bonchev–Trinajstić information content (AvgIpc) is 2.40. The number of rotatable bonds is 4. The van der Waals surface area contributed by atoms with E-state index in [4.69, 9.17) is 4.74 Å². The average molecular weight is 275 g/mol. The van der Waals surface area contributed by atoms with Crippen LogP contribution in [0.2, 0.25) is 0 Å². The Morgan fingerprint density at radius 2 is 1.90 bits per heavy atom. The van der Waals surface area contributed by atoms with Crippen LogP contribution in [0.5, 0.6) is 5.75 Å². The minimum atomic E-state index is -0.896. The van der Waals surface area contributed by atoms with Crippen molar-refractivity contribution in [2.45, 2.75) is 20.5 Å². The van der Waals surface area contributed by atoms with E-state index in [-0.39, 0.29) is 5.75 Å². The summed E-state index contributed by atoms with van der Waals surface area (Å²) in [5, 5.41) is 10.5. The van der Waals surface area contributed by atoms with E-state index in [1.165, 1.54) is 11.6 Å². The first-order valence-electron chi connectivity index (χ1n) is 6.10. The lowest BCUT2D eigenvalue weighted by Crippen LogP contribution is -1.98. The molecule has 0 aliphatic heterocycles. The highest BCUT2D eigenvalue weighted by molar-refractivity contribution is 5.38. The Hall–Kier alpha value is -2.43. The molecule has 0 aliphatic rings. The summed E-state index contributed by atoms with van der Waals surface area (Å²) in [5.74, 6) is -0.626. The lowest BCUT2D eigenvalue weighted by molar-refractivity contribution is -0.387. The summed E-state index contributed by atoms with van der Waals surface area (Å²) in [6.07, 6.45) is 0. The Morgan fingerprint density at radius 1 is 1.15 bits per heavy atom. The fraction of sp³-hybridized carbons (Fsp3) is 0.200. The fourth-order valence-electron chi connectivity index (χ4n) is 1.79. The first-order chi connectivity index (χ1) is 9.47. The number of aryl methyl sites for hydroxylation is 2. The van der Waals surface area contributed by atoms with E-state index in [1.54, 1.807) is 0 Å². The first kappa shape index (κ1) is 14.0. The molecule has 0 aliphatic carbocycles. The van der Waals surface area contributed by atoms with Gasteiger partial charge in [-0.2, -0.15) is 4.39 Å². The van der Waals surface area contributed by atoms with Crippen LogP contribution in [0.4, 0.5) is 10.1 Å². The van der Waals surface area contributed by atoms with Crippen LogP contribution in [0.15, 0.2) is 36.4 Å². The molecule has 0 unspecified atom stereocenters. The van der Waals surface area contributed by atoms with Gasteiger partial charge in [0, 0.05) is 12.1 Å². The quantitative estimate of drug-likeness (QED) is 0.627. The van der Waals surface area contributed by atoms with Crippen LogP contribution < -0.4 is 4.74 Å². The van der Waals surface area contributed by atoms with Gasteiger partial charge in [0.05, 0.1) is 4.92 Å². The third-order valence-electron chi connectivity index (χ3n) is 3.09. The molecule has 4 nitrogen and oxygen atoms in total. The predicted octanol–water partition coefficient (Wildman–Crippen LogP) is 3.93. The van der Waals surface area contributed by atoms with Crippen molar-refractivity contribution < 1.29 is 14.1 Å². The summed E-state index contributed by atoms with van der Waals surface area (Å²) in [6, 6.07) is 9.44. The third-order valence-corrected chi connectivity index (χ3v) is 3.09. The van der Waals surface area contributed by atoms with Crippen LogP contribution in [-0.4, -0.2) is 4.92 Å². The molecule has 5 heteroatoms.